The minimum absolute atomic E-state index is 0.813. The van der Waals surface area contributed by atoms with Crippen LogP contribution in [0.2, 0.25) is 12.1 Å². The Morgan fingerprint density at radius 3 is 1.09 bits per heavy atom. The Bertz CT molecular complexity index is 551. The fourth-order valence-corrected chi connectivity index (χ4v) is 16.1. The molecule has 0 aromatic rings. The second-order valence-corrected chi connectivity index (χ2v) is 21.6. The summed E-state index contributed by atoms with van der Waals surface area (Å²) in [5.74, 6) is 1.98. The Hall–Kier alpha value is 1.63. The maximum absolute atomic E-state index is 5.51. The Morgan fingerprint density at radius 1 is 0.559 bits per heavy atom. The topological polar surface area (TPSA) is 61.4 Å². The second kappa shape index (κ2) is 20.6. The van der Waals surface area contributed by atoms with Crippen molar-refractivity contribution >= 4 is 91.1 Å². The van der Waals surface area contributed by atoms with Gasteiger partial charge in [0.25, 0.3) is 8.75 Å². The molecule has 0 unspecified atom stereocenters. The lowest BCUT2D eigenvalue weighted by Gasteiger charge is -2.24. The summed E-state index contributed by atoms with van der Waals surface area (Å²) in [6, 6.07) is 1.63. The highest BCUT2D eigenvalue weighted by atomic mass is 33.7. The van der Waals surface area contributed by atoms with Gasteiger partial charge in [0.05, 0.1) is 0 Å². The SMILES string of the molecule is CO[Si](CCCSC(SSSSC(SCCC[Si](OC)(OC)OC)=[N+](C)C)=[N+](C)C)(OC)OC. The molecular weight excluding hydrogens is 589 g/mol. The molecule has 0 rings (SSSR count). The van der Waals surface area contributed by atoms with Crippen molar-refractivity contribution in [2.24, 2.45) is 0 Å². The van der Waals surface area contributed by atoms with Gasteiger partial charge in [-0.05, 0) is 56.0 Å². The molecule has 202 valence electrons. The molecule has 0 aromatic heterocycles. The molecule has 34 heavy (non-hydrogen) atoms. The Balaban J connectivity index is 4.43. The van der Waals surface area contributed by atoms with E-state index in [4.69, 9.17) is 26.6 Å². The first-order valence-corrected chi connectivity index (χ1v) is 21.2. The van der Waals surface area contributed by atoms with Gasteiger partial charge in [0.2, 0.25) is 0 Å². The third kappa shape index (κ3) is 14.0. The highest BCUT2D eigenvalue weighted by Gasteiger charge is 2.37. The molecule has 0 aliphatic rings. The fraction of sp³-hybridized carbons (Fsp3) is 0.889. The van der Waals surface area contributed by atoms with Gasteiger partial charge >= 0.3 is 17.6 Å². The highest BCUT2D eigenvalue weighted by Crippen LogP contribution is 2.47. The van der Waals surface area contributed by atoms with Crippen LogP contribution in [0.4, 0.5) is 0 Å². The summed E-state index contributed by atoms with van der Waals surface area (Å²) in [5, 5.41) is 0. The van der Waals surface area contributed by atoms with Crippen molar-refractivity contribution in [3.8, 4) is 0 Å². The zero-order valence-corrected chi connectivity index (χ0v) is 28.9. The zero-order valence-electron chi connectivity index (χ0n) is 22.0. The van der Waals surface area contributed by atoms with E-state index in [1.54, 1.807) is 83.9 Å². The van der Waals surface area contributed by atoms with Crippen molar-refractivity contribution in [1.29, 1.82) is 0 Å². The average Bonchev–Trinajstić information content (AvgIpc) is 2.84. The predicted molar refractivity (Wildman–Crippen MR) is 162 cm³/mol. The molecule has 0 aliphatic carbocycles. The van der Waals surface area contributed by atoms with Crippen molar-refractivity contribution in [3.63, 3.8) is 0 Å². The molecule has 0 spiro atoms. The minimum atomic E-state index is -2.49. The summed E-state index contributed by atoms with van der Waals surface area (Å²) < 4.78 is 39.9. The second-order valence-electron chi connectivity index (χ2n) is 7.12. The van der Waals surface area contributed by atoms with Crippen LogP contribution in [-0.2, 0) is 26.6 Å². The molecule has 0 saturated heterocycles. The minimum Gasteiger partial charge on any atom is -0.377 e. The number of nitrogens with zero attached hydrogens (tertiary/aromatic N) is 2. The van der Waals surface area contributed by atoms with E-state index in [2.05, 4.69) is 37.3 Å². The lowest BCUT2D eigenvalue weighted by molar-refractivity contribution is -0.458. The molecule has 0 radical (unpaired) electrons. The molecular formula is C18H42N2O6S6Si2+2. The zero-order chi connectivity index (χ0) is 26.0. The fourth-order valence-electron chi connectivity index (χ4n) is 2.55. The normalized spacial score (nSPS) is 12.2. The molecule has 0 amide bonds. The summed E-state index contributed by atoms with van der Waals surface area (Å²) in [7, 11) is 20.5. The Labute approximate surface area is 232 Å². The lowest BCUT2D eigenvalue weighted by atomic mass is 10.6. The third-order valence-electron chi connectivity index (χ3n) is 4.54. The van der Waals surface area contributed by atoms with Gasteiger partial charge in [-0.1, -0.05) is 0 Å². The van der Waals surface area contributed by atoms with Crippen LogP contribution in [0.3, 0.4) is 0 Å². The van der Waals surface area contributed by atoms with Crippen LogP contribution in [-0.4, -0.2) is 118 Å². The average molecular weight is 631 g/mol. The van der Waals surface area contributed by atoms with Crippen molar-refractivity contribution in [2.45, 2.75) is 24.9 Å². The largest absolute Gasteiger partial charge is 0.500 e. The Morgan fingerprint density at radius 2 is 0.853 bits per heavy atom. The summed E-state index contributed by atoms with van der Waals surface area (Å²) in [4.78, 5) is 0. The molecule has 0 heterocycles. The maximum Gasteiger partial charge on any atom is 0.500 e. The molecule has 16 heteroatoms. The van der Waals surface area contributed by atoms with Crippen LogP contribution in [0.1, 0.15) is 12.8 Å². The van der Waals surface area contributed by atoms with Gasteiger partial charge in [-0.3, -0.25) is 0 Å². The first kappa shape index (κ1) is 35.6. The van der Waals surface area contributed by atoms with E-state index in [-0.39, 0.29) is 0 Å². The van der Waals surface area contributed by atoms with Gasteiger partial charge in [-0.15, -0.1) is 0 Å². The summed E-state index contributed by atoms with van der Waals surface area (Å²) in [6.07, 6.45) is 1.96. The molecule has 0 aliphatic heterocycles. The predicted octanol–water partition coefficient (Wildman–Crippen LogP) is 4.92. The van der Waals surface area contributed by atoms with Crippen LogP contribution >= 0.6 is 64.8 Å². The van der Waals surface area contributed by atoms with E-state index in [9.17, 15) is 0 Å². The third-order valence-corrected chi connectivity index (χ3v) is 20.2. The first-order chi connectivity index (χ1) is 16.2. The van der Waals surface area contributed by atoms with Crippen LogP contribution < -0.4 is 0 Å². The number of hydrogen-bond donors (Lipinski definition) is 0. The molecule has 0 saturated carbocycles. The van der Waals surface area contributed by atoms with E-state index in [1.807, 2.05) is 23.5 Å². The number of rotatable bonds is 17. The van der Waals surface area contributed by atoms with Gasteiger partial charge in [0.15, 0.2) is 0 Å². The summed E-state index contributed by atoms with van der Waals surface area (Å²) in [6.45, 7) is 0. The van der Waals surface area contributed by atoms with E-state index < -0.39 is 17.6 Å². The van der Waals surface area contributed by atoms with E-state index >= 15 is 0 Å². The molecule has 0 bridgehead atoms. The molecule has 0 N–H and O–H groups in total. The van der Waals surface area contributed by atoms with Crippen LogP contribution in [0.25, 0.3) is 0 Å². The van der Waals surface area contributed by atoms with Crippen LogP contribution in [0, 0.1) is 0 Å². The lowest BCUT2D eigenvalue weighted by Crippen LogP contribution is -2.42. The van der Waals surface area contributed by atoms with Gasteiger partial charge in [-0.2, -0.15) is 0 Å². The van der Waals surface area contributed by atoms with Crippen molar-refractivity contribution in [3.05, 3.63) is 0 Å². The van der Waals surface area contributed by atoms with Gasteiger partial charge in [-0.25, -0.2) is 9.15 Å². The smallest absolute Gasteiger partial charge is 0.377 e. The quantitative estimate of drug-likeness (QED) is 0.0547. The van der Waals surface area contributed by atoms with E-state index in [0.717, 1.165) is 36.4 Å². The summed E-state index contributed by atoms with van der Waals surface area (Å²) >= 11 is 3.71. The van der Waals surface area contributed by atoms with E-state index in [0.29, 0.717) is 0 Å². The number of thioether (sulfide) groups is 2. The van der Waals surface area contributed by atoms with Crippen molar-refractivity contribution < 1.29 is 35.7 Å². The first-order valence-electron chi connectivity index (χ1n) is 10.5. The van der Waals surface area contributed by atoms with Crippen molar-refractivity contribution in [2.75, 3.05) is 82.4 Å². The van der Waals surface area contributed by atoms with E-state index in [1.165, 1.54) is 8.75 Å². The Kier molecular flexibility index (Phi) is 21.6. The molecule has 0 atom stereocenters. The standard InChI is InChI=1S/C18H42N2O6S6Si2/c1-19(2)17(27-13-11-15-33(21-5,22-6)23-7)29-31-32-30-18(20(3)4)28-14-12-16-34(24-8,25-9)26-10/h11-16H2,1-10H3/q+2. The highest BCUT2D eigenvalue weighted by molar-refractivity contribution is 9.30. The molecule has 8 nitrogen and oxygen atoms in total. The summed E-state index contributed by atoms with van der Waals surface area (Å²) in [5.41, 5.74) is 0. The monoisotopic (exact) mass is 630 g/mol. The maximum atomic E-state index is 5.51. The van der Waals surface area contributed by atoms with Gasteiger partial charge < -0.3 is 26.6 Å². The molecule has 0 fully saturated rings. The van der Waals surface area contributed by atoms with Crippen molar-refractivity contribution in [1.82, 2.24) is 0 Å². The van der Waals surface area contributed by atoms with Crippen LogP contribution in [0.5, 0.6) is 0 Å². The molecule has 0 aromatic carbocycles. The van der Waals surface area contributed by atoms with Gasteiger partial charge in [0, 0.05) is 87.8 Å². The number of hydrogen-bond acceptors (Lipinski definition) is 12. The van der Waals surface area contributed by atoms with Crippen LogP contribution in [0.15, 0.2) is 0 Å². The van der Waals surface area contributed by atoms with Gasteiger partial charge in [0.1, 0.15) is 28.2 Å².